The number of hydrogen-bond acceptors (Lipinski definition) is 3. The van der Waals surface area contributed by atoms with Crippen molar-refractivity contribution in [3.63, 3.8) is 0 Å². The van der Waals surface area contributed by atoms with Gasteiger partial charge in [0.15, 0.2) is 0 Å². The molecule has 0 radical (unpaired) electrons. The zero-order valence-electron chi connectivity index (χ0n) is 12.8. The highest BCUT2D eigenvalue weighted by Gasteiger charge is 2.12. The number of ether oxygens (including phenoxy) is 1. The van der Waals surface area contributed by atoms with Crippen LogP contribution < -0.4 is 16.0 Å². The van der Waals surface area contributed by atoms with Crippen molar-refractivity contribution in [1.82, 2.24) is 5.43 Å². The third-order valence-electron chi connectivity index (χ3n) is 3.57. The number of hydrazine groups is 1. The molecule has 3 N–H and O–H groups in total. The van der Waals surface area contributed by atoms with Crippen molar-refractivity contribution < 1.29 is 4.74 Å². The maximum absolute atomic E-state index is 5.74. The van der Waals surface area contributed by atoms with Crippen molar-refractivity contribution >= 4 is 0 Å². The van der Waals surface area contributed by atoms with Gasteiger partial charge in [-0.3, -0.25) is 5.84 Å². The standard InChI is InChI=1S/C18H24N2O/c1-3-13-21-17-11-9-16(10-12-17)18(20-19)15-7-5-14(4-2)6-8-15/h5-12,18,20H,3-4,13,19H2,1-2H3. The first-order valence-corrected chi connectivity index (χ1v) is 7.56. The Kier molecular flexibility index (Phi) is 5.78. The van der Waals surface area contributed by atoms with Gasteiger partial charge in [0.25, 0.3) is 0 Å². The molecule has 0 aliphatic rings. The Hall–Kier alpha value is -1.84. The highest BCUT2D eigenvalue weighted by molar-refractivity contribution is 5.36. The minimum Gasteiger partial charge on any atom is -0.494 e. The van der Waals surface area contributed by atoms with Crippen LogP contribution in [0.2, 0.25) is 0 Å². The number of nitrogens with one attached hydrogen (secondary N) is 1. The fraction of sp³-hybridized carbons (Fsp3) is 0.333. The highest BCUT2D eigenvalue weighted by Crippen LogP contribution is 2.24. The Morgan fingerprint density at radius 3 is 2.00 bits per heavy atom. The van der Waals surface area contributed by atoms with E-state index in [1.165, 1.54) is 5.56 Å². The lowest BCUT2D eigenvalue weighted by Gasteiger charge is -2.18. The van der Waals surface area contributed by atoms with Gasteiger partial charge in [0.1, 0.15) is 5.75 Å². The minimum absolute atomic E-state index is 0.00358. The quantitative estimate of drug-likeness (QED) is 0.603. The van der Waals surface area contributed by atoms with Gasteiger partial charge in [-0.1, -0.05) is 50.2 Å². The molecule has 0 amide bonds. The molecule has 1 unspecified atom stereocenters. The maximum Gasteiger partial charge on any atom is 0.119 e. The van der Waals surface area contributed by atoms with Crippen LogP contribution in [0, 0.1) is 0 Å². The fourth-order valence-electron chi connectivity index (χ4n) is 2.31. The predicted molar refractivity (Wildman–Crippen MR) is 87.2 cm³/mol. The van der Waals surface area contributed by atoms with E-state index in [0.717, 1.165) is 36.3 Å². The average molecular weight is 284 g/mol. The summed E-state index contributed by atoms with van der Waals surface area (Å²) in [7, 11) is 0. The molecule has 0 saturated heterocycles. The highest BCUT2D eigenvalue weighted by atomic mass is 16.5. The Morgan fingerprint density at radius 2 is 1.52 bits per heavy atom. The number of rotatable bonds is 7. The van der Waals surface area contributed by atoms with Gasteiger partial charge in [-0.25, -0.2) is 5.43 Å². The first-order valence-electron chi connectivity index (χ1n) is 7.56. The van der Waals surface area contributed by atoms with Crippen LogP contribution in [0.1, 0.15) is 43.0 Å². The summed E-state index contributed by atoms with van der Waals surface area (Å²) < 4.78 is 5.61. The molecule has 0 aliphatic heterocycles. The van der Waals surface area contributed by atoms with Crippen LogP contribution in [-0.2, 0) is 6.42 Å². The lowest BCUT2D eigenvalue weighted by Crippen LogP contribution is -2.28. The van der Waals surface area contributed by atoms with Crippen LogP contribution in [0.3, 0.4) is 0 Å². The van der Waals surface area contributed by atoms with Crippen molar-refractivity contribution in [3.8, 4) is 5.75 Å². The number of benzene rings is 2. The summed E-state index contributed by atoms with van der Waals surface area (Å²) in [6, 6.07) is 16.7. The topological polar surface area (TPSA) is 47.3 Å². The molecular formula is C18H24N2O. The summed E-state index contributed by atoms with van der Waals surface area (Å²) in [4.78, 5) is 0. The summed E-state index contributed by atoms with van der Waals surface area (Å²) in [6.45, 7) is 5.00. The number of nitrogens with two attached hydrogens (primary N) is 1. The molecule has 0 heterocycles. The summed E-state index contributed by atoms with van der Waals surface area (Å²) in [5.41, 5.74) is 6.52. The monoisotopic (exact) mass is 284 g/mol. The van der Waals surface area contributed by atoms with Gasteiger partial charge >= 0.3 is 0 Å². The molecule has 2 aromatic carbocycles. The molecule has 0 spiro atoms. The molecule has 21 heavy (non-hydrogen) atoms. The van der Waals surface area contributed by atoms with E-state index in [9.17, 15) is 0 Å². The molecule has 0 fully saturated rings. The van der Waals surface area contributed by atoms with E-state index in [1.807, 2.05) is 12.1 Å². The van der Waals surface area contributed by atoms with Crippen molar-refractivity contribution in [1.29, 1.82) is 0 Å². The van der Waals surface area contributed by atoms with Crippen LogP contribution in [0.4, 0.5) is 0 Å². The van der Waals surface area contributed by atoms with Crippen molar-refractivity contribution in [2.45, 2.75) is 32.7 Å². The average Bonchev–Trinajstić information content (AvgIpc) is 2.55. The van der Waals surface area contributed by atoms with Crippen LogP contribution in [0.5, 0.6) is 5.75 Å². The summed E-state index contributed by atoms with van der Waals surface area (Å²) in [5.74, 6) is 6.65. The molecule has 2 aromatic rings. The molecule has 0 aliphatic carbocycles. The summed E-state index contributed by atoms with van der Waals surface area (Å²) >= 11 is 0. The second-order valence-corrected chi connectivity index (χ2v) is 5.11. The second kappa shape index (κ2) is 7.81. The van der Waals surface area contributed by atoms with Gasteiger partial charge in [-0.15, -0.1) is 0 Å². The molecule has 3 heteroatoms. The normalized spacial score (nSPS) is 12.1. The van der Waals surface area contributed by atoms with Crippen molar-refractivity contribution in [3.05, 3.63) is 65.2 Å². The van der Waals surface area contributed by atoms with E-state index in [4.69, 9.17) is 10.6 Å². The van der Waals surface area contributed by atoms with Gasteiger partial charge in [-0.05, 0) is 41.7 Å². The van der Waals surface area contributed by atoms with Gasteiger partial charge < -0.3 is 4.74 Å². The first kappa shape index (κ1) is 15.5. The fourth-order valence-corrected chi connectivity index (χ4v) is 2.31. The number of hydrogen-bond donors (Lipinski definition) is 2. The Labute approximate surface area is 127 Å². The van der Waals surface area contributed by atoms with E-state index in [-0.39, 0.29) is 6.04 Å². The van der Waals surface area contributed by atoms with Gasteiger partial charge in [0.2, 0.25) is 0 Å². The van der Waals surface area contributed by atoms with Crippen LogP contribution in [0.15, 0.2) is 48.5 Å². The molecule has 1 atom stereocenters. The van der Waals surface area contributed by atoms with Gasteiger partial charge in [-0.2, -0.15) is 0 Å². The first-order chi connectivity index (χ1) is 10.3. The predicted octanol–water partition coefficient (Wildman–Crippen LogP) is 3.59. The largest absolute Gasteiger partial charge is 0.494 e. The van der Waals surface area contributed by atoms with Crippen LogP contribution in [-0.4, -0.2) is 6.61 Å². The Balaban J connectivity index is 2.15. The molecule has 2 rings (SSSR count). The number of aryl methyl sites for hydroxylation is 1. The molecular weight excluding hydrogens is 260 g/mol. The summed E-state index contributed by atoms with van der Waals surface area (Å²) in [5, 5.41) is 0. The third kappa shape index (κ3) is 4.06. The smallest absolute Gasteiger partial charge is 0.119 e. The Bertz CT molecular complexity index is 534. The zero-order valence-corrected chi connectivity index (χ0v) is 12.8. The SMILES string of the molecule is CCCOc1ccc(C(NN)c2ccc(CC)cc2)cc1. The Morgan fingerprint density at radius 1 is 0.952 bits per heavy atom. The molecule has 0 saturated carbocycles. The van der Waals surface area contributed by atoms with Crippen molar-refractivity contribution in [2.75, 3.05) is 6.61 Å². The van der Waals surface area contributed by atoms with Gasteiger partial charge in [0, 0.05) is 0 Å². The molecule has 112 valence electrons. The van der Waals surface area contributed by atoms with Crippen LogP contribution >= 0.6 is 0 Å². The lowest BCUT2D eigenvalue weighted by atomic mass is 9.98. The minimum atomic E-state index is -0.00358. The van der Waals surface area contributed by atoms with E-state index < -0.39 is 0 Å². The third-order valence-corrected chi connectivity index (χ3v) is 3.57. The second-order valence-electron chi connectivity index (χ2n) is 5.11. The van der Waals surface area contributed by atoms with E-state index in [0.29, 0.717) is 0 Å². The summed E-state index contributed by atoms with van der Waals surface area (Å²) in [6.07, 6.45) is 2.06. The zero-order chi connectivity index (χ0) is 15.1. The van der Waals surface area contributed by atoms with E-state index in [1.54, 1.807) is 0 Å². The molecule has 0 bridgehead atoms. The molecule has 0 aromatic heterocycles. The lowest BCUT2D eigenvalue weighted by molar-refractivity contribution is 0.317. The maximum atomic E-state index is 5.74. The molecule has 3 nitrogen and oxygen atoms in total. The van der Waals surface area contributed by atoms with E-state index in [2.05, 4.69) is 55.7 Å². The van der Waals surface area contributed by atoms with Crippen LogP contribution in [0.25, 0.3) is 0 Å². The van der Waals surface area contributed by atoms with Crippen molar-refractivity contribution in [2.24, 2.45) is 5.84 Å². The van der Waals surface area contributed by atoms with Gasteiger partial charge in [0.05, 0.1) is 12.6 Å². The van der Waals surface area contributed by atoms with E-state index >= 15 is 0 Å².